The predicted molar refractivity (Wildman–Crippen MR) is 86.5 cm³/mol. The van der Waals surface area contributed by atoms with Crippen molar-refractivity contribution < 1.29 is 13.2 Å². The van der Waals surface area contributed by atoms with Crippen molar-refractivity contribution in [3.05, 3.63) is 29.3 Å². The van der Waals surface area contributed by atoms with Gasteiger partial charge in [-0.15, -0.1) is 0 Å². The van der Waals surface area contributed by atoms with Crippen LogP contribution in [0.1, 0.15) is 19.8 Å². The second-order valence-corrected chi connectivity index (χ2v) is 8.15. The average Bonchev–Trinajstić information content (AvgIpc) is 2.47. The fourth-order valence-corrected chi connectivity index (χ4v) is 4.22. The molecule has 2 N–H and O–H groups in total. The van der Waals surface area contributed by atoms with E-state index in [0.29, 0.717) is 24.0 Å². The van der Waals surface area contributed by atoms with Gasteiger partial charge in [0.05, 0.1) is 4.90 Å². The normalized spacial score (nSPS) is 22.6. The Labute approximate surface area is 136 Å². The van der Waals surface area contributed by atoms with Crippen LogP contribution in [0.15, 0.2) is 29.2 Å². The second-order valence-electron chi connectivity index (χ2n) is 5.72. The number of hydrogen-bond acceptors (Lipinski definition) is 4. The van der Waals surface area contributed by atoms with Crippen LogP contribution < -0.4 is 5.73 Å². The number of piperidine rings is 1. The molecule has 7 heteroatoms. The molecule has 1 aromatic carbocycles. The van der Waals surface area contributed by atoms with Crippen molar-refractivity contribution in [1.29, 1.82) is 0 Å². The minimum atomic E-state index is -3.67. The van der Waals surface area contributed by atoms with E-state index in [1.54, 1.807) is 4.90 Å². The standard InChI is InChI=1S/C15H21ClN2O3S/c1-11-3-2-8-18(14(11)9-17)15(19)10-22(20,21)13-6-4-12(16)5-7-13/h4-7,11,14H,2-3,8-10,17H2,1H3. The summed E-state index contributed by atoms with van der Waals surface area (Å²) in [6.07, 6.45) is 1.89. The first-order chi connectivity index (χ1) is 10.3. The Hall–Kier alpha value is -1.11. The highest BCUT2D eigenvalue weighted by atomic mass is 35.5. The molecule has 1 saturated heterocycles. The minimum Gasteiger partial charge on any atom is -0.337 e. The highest BCUT2D eigenvalue weighted by Gasteiger charge is 2.33. The number of nitrogens with two attached hydrogens (primary N) is 1. The van der Waals surface area contributed by atoms with Gasteiger partial charge >= 0.3 is 0 Å². The van der Waals surface area contributed by atoms with Crippen molar-refractivity contribution in [2.24, 2.45) is 11.7 Å². The Morgan fingerprint density at radius 3 is 2.59 bits per heavy atom. The first kappa shape index (κ1) is 17.2. The van der Waals surface area contributed by atoms with Crippen LogP contribution in [0.5, 0.6) is 0 Å². The van der Waals surface area contributed by atoms with Gasteiger partial charge in [0, 0.05) is 24.2 Å². The zero-order valence-electron chi connectivity index (χ0n) is 12.5. The molecule has 0 radical (unpaired) electrons. The van der Waals surface area contributed by atoms with Gasteiger partial charge in [-0.2, -0.15) is 0 Å². The first-order valence-corrected chi connectivity index (χ1v) is 9.36. The van der Waals surface area contributed by atoms with Gasteiger partial charge in [-0.25, -0.2) is 8.42 Å². The number of carbonyl (C=O) groups is 1. The smallest absolute Gasteiger partial charge is 0.238 e. The van der Waals surface area contributed by atoms with Crippen LogP contribution in [-0.2, 0) is 14.6 Å². The number of nitrogens with zero attached hydrogens (tertiary/aromatic N) is 1. The molecule has 1 aliphatic heterocycles. The molecule has 122 valence electrons. The second kappa shape index (κ2) is 6.98. The molecule has 0 bridgehead atoms. The fraction of sp³-hybridized carbons (Fsp3) is 0.533. The summed E-state index contributed by atoms with van der Waals surface area (Å²) in [6.45, 7) is 2.97. The van der Waals surface area contributed by atoms with Crippen molar-refractivity contribution in [2.45, 2.75) is 30.7 Å². The molecule has 1 aliphatic rings. The van der Waals surface area contributed by atoms with Gasteiger partial charge in [0.25, 0.3) is 0 Å². The van der Waals surface area contributed by atoms with E-state index in [1.165, 1.54) is 24.3 Å². The lowest BCUT2D eigenvalue weighted by atomic mass is 9.91. The number of hydrogen-bond donors (Lipinski definition) is 1. The van der Waals surface area contributed by atoms with Crippen molar-refractivity contribution in [3.8, 4) is 0 Å². The lowest BCUT2D eigenvalue weighted by Crippen LogP contribution is -2.52. The summed E-state index contributed by atoms with van der Waals surface area (Å²) in [5, 5.41) is 0.457. The van der Waals surface area contributed by atoms with E-state index >= 15 is 0 Å². The number of halogens is 1. The van der Waals surface area contributed by atoms with Crippen molar-refractivity contribution >= 4 is 27.3 Å². The summed E-state index contributed by atoms with van der Waals surface area (Å²) in [5.41, 5.74) is 5.76. The quantitative estimate of drug-likeness (QED) is 0.901. The largest absolute Gasteiger partial charge is 0.337 e. The van der Waals surface area contributed by atoms with E-state index in [1.807, 2.05) is 6.92 Å². The van der Waals surface area contributed by atoms with Gasteiger partial charge in [-0.05, 0) is 43.0 Å². The van der Waals surface area contributed by atoms with Gasteiger partial charge in [0.2, 0.25) is 5.91 Å². The highest BCUT2D eigenvalue weighted by molar-refractivity contribution is 7.92. The van der Waals surface area contributed by atoms with E-state index in [9.17, 15) is 13.2 Å². The zero-order valence-corrected chi connectivity index (χ0v) is 14.1. The molecule has 0 spiro atoms. The van der Waals surface area contributed by atoms with Gasteiger partial charge in [0.15, 0.2) is 9.84 Å². The summed E-state index contributed by atoms with van der Waals surface area (Å²) < 4.78 is 24.7. The molecule has 0 aromatic heterocycles. The molecule has 2 unspecified atom stereocenters. The Bertz CT molecular complexity index is 631. The van der Waals surface area contributed by atoms with E-state index in [2.05, 4.69) is 0 Å². The molecule has 22 heavy (non-hydrogen) atoms. The summed E-state index contributed by atoms with van der Waals surface area (Å²) in [6, 6.07) is 5.77. The van der Waals surface area contributed by atoms with Gasteiger partial charge < -0.3 is 10.6 Å². The maximum atomic E-state index is 12.4. The Morgan fingerprint density at radius 1 is 1.36 bits per heavy atom. The minimum absolute atomic E-state index is 0.0818. The molecule has 1 heterocycles. The molecular weight excluding hydrogens is 324 g/mol. The molecule has 5 nitrogen and oxygen atoms in total. The number of carbonyl (C=O) groups excluding carboxylic acids is 1. The Morgan fingerprint density at radius 2 is 2.00 bits per heavy atom. The highest BCUT2D eigenvalue weighted by Crippen LogP contribution is 2.24. The lowest BCUT2D eigenvalue weighted by Gasteiger charge is -2.39. The topological polar surface area (TPSA) is 80.5 Å². The van der Waals surface area contributed by atoms with Gasteiger partial charge in [-0.1, -0.05) is 18.5 Å². The van der Waals surface area contributed by atoms with Crippen LogP contribution in [0.3, 0.4) is 0 Å². The zero-order chi connectivity index (χ0) is 16.3. The number of amides is 1. The fourth-order valence-electron chi connectivity index (χ4n) is 2.89. The Balaban J connectivity index is 2.14. The third-order valence-corrected chi connectivity index (χ3v) is 6.03. The number of rotatable bonds is 4. The number of benzene rings is 1. The average molecular weight is 345 g/mol. The monoisotopic (exact) mass is 344 g/mol. The van der Waals surface area contributed by atoms with E-state index < -0.39 is 15.6 Å². The molecule has 2 atom stereocenters. The molecule has 0 aliphatic carbocycles. The van der Waals surface area contributed by atoms with E-state index in [0.717, 1.165) is 12.8 Å². The van der Waals surface area contributed by atoms with Crippen LogP contribution in [-0.4, -0.2) is 44.1 Å². The van der Waals surface area contributed by atoms with Gasteiger partial charge in [-0.3, -0.25) is 4.79 Å². The maximum Gasteiger partial charge on any atom is 0.238 e. The van der Waals surface area contributed by atoms with E-state index in [4.69, 9.17) is 17.3 Å². The molecule has 1 aromatic rings. The van der Waals surface area contributed by atoms with Crippen molar-refractivity contribution in [1.82, 2.24) is 4.90 Å². The van der Waals surface area contributed by atoms with Crippen LogP contribution >= 0.6 is 11.6 Å². The van der Waals surface area contributed by atoms with Crippen LogP contribution in [0.25, 0.3) is 0 Å². The van der Waals surface area contributed by atoms with Crippen molar-refractivity contribution in [2.75, 3.05) is 18.8 Å². The molecule has 2 rings (SSSR count). The van der Waals surface area contributed by atoms with Gasteiger partial charge in [0.1, 0.15) is 5.75 Å². The predicted octanol–water partition coefficient (Wildman–Crippen LogP) is 1.70. The summed E-state index contributed by atoms with van der Waals surface area (Å²) in [4.78, 5) is 14.2. The summed E-state index contributed by atoms with van der Waals surface area (Å²) >= 11 is 5.76. The number of sulfone groups is 1. The van der Waals surface area contributed by atoms with Crippen LogP contribution in [0.4, 0.5) is 0 Å². The SMILES string of the molecule is CC1CCCN(C(=O)CS(=O)(=O)c2ccc(Cl)cc2)C1CN. The molecule has 1 amide bonds. The van der Waals surface area contributed by atoms with Crippen LogP contribution in [0, 0.1) is 5.92 Å². The molecule has 1 fully saturated rings. The van der Waals surface area contributed by atoms with Crippen molar-refractivity contribution in [3.63, 3.8) is 0 Å². The molecular formula is C15H21ClN2O3S. The van der Waals surface area contributed by atoms with E-state index in [-0.39, 0.29) is 16.8 Å². The first-order valence-electron chi connectivity index (χ1n) is 7.33. The van der Waals surface area contributed by atoms with Crippen LogP contribution in [0.2, 0.25) is 5.02 Å². The lowest BCUT2D eigenvalue weighted by molar-refractivity contribution is -0.133. The summed E-state index contributed by atoms with van der Waals surface area (Å²) in [5.74, 6) is -0.615. The molecule has 0 saturated carbocycles. The number of likely N-dealkylation sites (tertiary alicyclic amines) is 1. The maximum absolute atomic E-state index is 12.4. The summed E-state index contributed by atoms with van der Waals surface area (Å²) in [7, 11) is -3.67. The third kappa shape index (κ3) is 3.80. The Kier molecular flexibility index (Phi) is 5.47. The third-order valence-electron chi connectivity index (χ3n) is 4.16.